The maximum absolute atomic E-state index is 10.6. The molecule has 0 aromatic heterocycles. The maximum Gasteiger partial charge on any atom is 0.0940 e. The van der Waals surface area contributed by atoms with E-state index in [0.29, 0.717) is 0 Å². The monoisotopic (exact) mass is 256 g/mol. The predicted molar refractivity (Wildman–Crippen MR) is 75.7 cm³/mol. The summed E-state index contributed by atoms with van der Waals surface area (Å²) in [5, 5.41) is 10.6. The van der Waals surface area contributed by atoms with E-state index in [0.717, 1.165) is 18.4 Å². The van der Waals surface area contributed by atoms with Crippen molar-refractivity contribution in [3.63, 3.8) is 0 Å². The van der Waals surface area contributed by atoms with Gasteiger partial charge in [0.05, 0.1) is 10.9 Å². The van der Waals surface area contributed by atoms with Gasteiger partial charge in [-0.25, -0.2) is 0 Å². The van der Waals surface area contributed by atoms with Crippen molar-refractivity contribution >= 4 is 11.8 Å². The van der Waals surface area contributed by atoms with Crippen LogP contribution in [0.5, 0.6) is 0 Å². The molecule has 0 amide bonds. The molecule has 18 heavy (non-hydrogen) atoms. The molecule has 1 unspecified atom stereocenters. The highest BCUT2D eigenvalue weighted by Crippen LogP contribution is 2.58. The van der Waals surface area contributed by atoms with Gasteiger partial charge in [0.25, 0.3) is 0 Å². The fourth-order valence-electron chi connectivity index (χ4n) is 2.22. The van der Waals surface area contributed by atoms with Crippen LogP contribution < -0.4 is 0 Å². The number of benzene rings is 2. The fraction of sp³-hybridized carbons (Fsp3) is 0.250. The zero-order valence-electron chi connectivity index (χ0n) is 10.1. The Hall–Kier alpha value is -1.25. The zero-order valence-corrected chi connectivity index (χ0v) is 10.9. The summed E-state index contributed by atoms with van der Waals surface area (Å²) in [6, 6.07) is 20.3. The smallest absolute Gasteiger partial charge is 0.0940 e. The van der Waals surface area contributed by atoms with Crippen LogP contribution in [0.4, 0.5) is 0 Å². The first kappa shape index (κ1) is 11.8. The van der Waals surface area contributed by atoms with Gasteiger partial charge in [-0.05, 0) is 30.5 Å². The number of rotatable bonds is 4. The second kappa shape index (κ2) is 4.79. The summed E-state index contributed by atoms with van der Waals surface area (Å²) in [7, 11) is 0. The Labute approximate surface area is 112 Å². The van der Waals surface area contributed by atoms with Crippen LogP contribution in [0.1, 0.15) is 24.5 Å². The molecule has 92 valence electrons. The van der Waals surface area contributed by atoms with Gasteiger partial charge in [0.1, 0.15) is 0 Å². The number of aliphatic hydroxyl groups is 1. The molecule has 3 rings (SSSR count). The first-order chi connectivity index (χ1) is 8.80. The Morgan fingerprint density at radius 2 is 1.44 bits per heavy atom. The Morgan fingerprint density at radius 3 is 2.00 bits per heavy atom. The highest BCUT2D eigenvalue weighted by Gasteiger charge is 2.50. The largest absolute Gasteiger partial charge is 0.387 e. The summed E-state index contributed by atoms with van der Waals surface area (Å²) in [6.07, 6.45) is 1.80. The van der Waals surface area contributed by atoms with E-state index in [-0.39, 0.29) is 10.9 Å². The summed E-state index contributed by atoms with van der Waals surface area (Å²) in [4.78, 5) is 1.24. The summed E-state index contributed by atoms with van der Waals surface area (Å²) in [6.45, 7) is 0. The van der Waals surface area contributed by atoms with Gasteiger partial charge in [0.2, 0.25) is 0 Å². The van der Waals surface area contributed by atoms with Crippen LogP contribution in [0.25, 0.3) is 0 Å². The SMILES string of the molecule is OC(c1ccccc1)C1(Sc2ccccc2)CC1. The van der Waals surface area contributed by atoms with E-state index in [1.54, 1.807) is 0 Å². The van der Waals surface area contributed by atoms with Gasteiger partial charge in [0, 0.05) is 4.90 Å². The van der Waals surface area contributed by atoms with Crippen LogP contribution in [-0.4, -0.2) is 9.85 Å². The molecule has 0 aliphatic heterocycles. The quantitative estimate of drug-likeness (QED) is 0.890. The van der Waals surface area contributed by atoms with Crippen molar-refractivity contribution in [2.75, 3.05) is 0 Å². The number of thioether (sulfide) groups is 1. The molecule has 1 aliphatic carbocycles. The average Bonchev–Trinajstić information content (AvgIpc) is 3.21. The Balaban J connectivity index is 1.79. The standard InChI is InChI=1S/C16H16OS/c17-15(13-7-3-1-4-8-13)16(11-12-16)18-14-9-5-2-6-10-14/h1-10,15,17H,11-12H2. The van der Waals surface area contributed by atoms with Gasteiger partial charge < -0.3 is 5.11 Å². The van der Waals surface area contributed by atoms with Gasteiger partial charge in [-0.2, -0.15) is 0 Å². The molecule has 0 heterocycles. The molecule has 0 radical (unpaired) electrons. The lowest BCUT2D eigenvalue weighted by atomic mass is 10.1. The minimum Gasteiger partial charge on any atom is -0.387 e. The summed E-state index contributed by atoms with van der Waals surface area (Å²) in [5.74, 6) is 0. The van der Waals surface area contributed by atoms with Crippen molar-refractivity contribution in [1.29, 1.82) is 0 Å². The molecular formula is C16H16OS. The maximum atomic E-state index is 10.6. The zero-order chi connectivity index (χ0) is 12.4. The molecule has 2 aromatic rings. The molecule has 1 atom stereocenters. The molecule has 2 heteroatoms. The van der Waals surface area contributed by atoms with Gasteiger partial charge in [-0.15, -0.1) is 11.8 Å². The van der Waals surface area contributed by atoms with E-state index in [9.17, 15) is 5.11 Å². The Morgan fingerprint density at radius 1 is 0.889 bits per heavy atom. The van der Waals surface area contributed by atoms with E-state index in [2.05, 4.69) is 12.1 Å². The second-order valence-corrected chi connectivity index (χ2v) is 6.28. The third-order valence-corrected chi connectivity index (χ3v) is 4.97. The predicted octanol–water partition coefficient (Wildman–Crippen LogP) is 4.04. The Bertz CT molecular complexity index is 505. The highest BCUT2D eigenvalue weighted by molar-refractivity contribution is 8.01. The molecular weight excluding hydrogens is 240 g/mol. The van der Waals surface area contributed by atoms with Crippen LogP contribution in [0.15, 0.2) is 65.6 Å². The molecule has 1 N–H and O–H groups in total. The lowest BCUT2D eigenvalue weighted by Crippen LogP contribution is -2.16. The Kier molecular flexibility index (Phi) is 3.14. The first-order valence-electron chi connectivity index (χ1n) is 6.27. The number of aliphatic hydroxyl groups excluding tert-OH is 1. The molecule has 1 saturated carbocycles. The van der Waals surface area contributed by atoms with Crippen LogP contribution in [0.2, 0.25) is 0 Å². The molecule has 2 aromatic carbocycles. The lowest BCUT2D eigenvalue weighted by Gasteiger charge is -2.22. The van der Waals surface area contributed by atoms with E-state index in [1.807, 2.05) is 60.3 Å². The minimum absolute atomic E-state index is 0.0112. The third kappa shape index (κ3) is 2.31. The van der Waals surface area contributed by atoms with Gasteiger partial charge in [-0.3, -0.25) is 0 Å². The van der Waals surface area contributed by atoms with Crippen molar-refractivity contribution in [2.45, 2.75) is 28.6 Å². The van der Waals surface area contributed by atoms with Crippen LogP contribution in [0.3, 0.4) is 0 Å². The minimum atomic E-state index is -0.371. The molecule has 0 spiro atoms. The number of hydrogen-bond acceptors (Lipinski definition) is 2. The molecule has 1 aliphatic rings. The molecule has 1 nitrogen and oxygen atoms in total. The molecule has 1 fully saturated rings. The van der Waals surface area contributed by atoms with Crippen molar-refractivity contribution in [3.05, 3.63) is 66.2 Å². The highest BCUT2D eigenvalue weighted by atomic mass is 32.2. The first-order valence-corrected chi connectivity index (χ1v) is 7.09. The van der Waals surface area contributed by atoms with E-state index in [4.69, 9.17) is 0 Å². The van der Waals surface area contributed by atoms with Crippen molar-refractivity contribution in [2.24, 2.45) is 0 Å². The van der Waals surface area contributed by atoms with E-state index < -0.39 is 0 Å². The van der Waals surface area contributed by atoms with Gasteiger partial charge in [0.15, 0.2) is 0 Å². The summed E-state index contributed by atoms with van der Waals surface area (Å²) < 4.78 is -0.0112. The van der Waals surface area contributed by atoms with Crippen molar-refractivity contribution in [1.82, 2.24) is 0 Å². The van der Waals surface area contributed by atoms with Gasteiger partial charge >= 0.3 is 0 Å². The third-order valence-electron chi connectivity index (χ3n) is 3.42. The second-order valence-electron chi connectivity index (χ2n) is 4.79. The fourth-order valence-corrected chi connectivity index (χ4v) is 3.53. The van der Waals surface area contributed by atoms with E-state index >= 15 is 0 Å². The van der Waals surface area contributed by atoms with Crippen LogP contribution >= 0.6 is 11.8 Å². The van der Waals surface area contributed by atoms with Crippen molar-refractivity contribution < 1.29 is 5.11 Å². The lowest BCUT2D eigenvalue weighted by molar-refractivity contribution is 0.167. The topological polar surface area (TPSA) is 20.2 Å². The normalized spacial score (nSPS) is 18.3. The van der Waals surface area contributed by atoms with E-state index in [1.165, 1.54) is 4.90 Å². The summed E-state index contributed by atoms with van der Waals surface area (Å²) in [5.41, 5.74) is 1.03. The average molecular weight is 256 g/mol. The molecule has 0 bridgehead atoms. The van der Waals surface area contributed by atoms with Crippen LogP contribution in [0, 0.1) is 0 Å². The van der Waals surface area contributed by atoms with Crippen molar-refractivity contribution in [3.8, 4) is 0 Å². The summed E-state index contributed by atoms with van der Waals surface area (Å²) >= 11 is 1.81. The van der Waals surface area contributed by atoms with Crippen LogP contribution in [-0.2, 0) is 0 Å². The van der Waals surface area contributed by atoms with Gasteiger partial charge in [-0.1, -0.05) is 48.5 Å². The number of hydrogen-bond donors (Lipinski definition) is 1. The molecule has 0 saturated heterocycles.